The Morgan fingerprint density at radius 3 is 2.68 bits per heavy atom. The Kier molecular flexibility index (Phi) is 3.40. The van der Waals surface area contributed by atoms with Crippen LogP contribution in [0.15, 0.2) is 24.3 Å². The van der Waals surface area contributed by atoms with Crippen molar-refractivity contribution in [1.29, 1.82) is 0 Å². The van der Waals surface area contributed by atoms with Crippen molar-refractivity contribution in [3.8, 4) is 0 Å². The van der Waals surface area contributed by atoms with Crippen LogP contribution in [0, 0.1) is 0 Å². The zero-order valence-corrected chi connectivity index (χ0v) is 12.2. The third-order valence-corrected chi connectivity index (χ3v) is 4.59. The van der Waals surface area contributed by atoms with Gasteiger partial charge < -0.3 is 15.1 Å². The van der Waals surface area contributed by atoms with Crippen LogP contribution in [0.25, 0.3) is 0 Å². The van der Waals surface area contributed by atoms with E-state index in [-0.39, 0.29) is 5.54 Å². The van der Waals surface area contributed by atoms with E-state index in [4.69, 9.17) is 0 Å². The second kappa shape index (κ2) is 5.04. The lowest BCUT2D eigenvalue weighted by Crippen LogP contribution is -2.55. The van der Waals surface area contributed by atoms with E-state index >= 15 is 0 Å². The van der Waals surface area contributed by atoms with E-state index in [1.807, 2.05) is 0 Å². The summed E-state index contributed by atoms with van der Waals surface area (Å²) in [4.78, 5) is 4.93. The van der Waals surface area contributed by atoms with Gasteiger partial charge in [0.1, 0.15) is 0 Å². The number of likely N-dealkylation sites (N-methyl/N-ethyl adjacent to an activating group) is 1. The molecule has 1 saturated heterocycles. The van der Waals surface area contributed by atoms with E-state index in [9.17, 15) is 0 Å². The summed E-state index contributed by atoms with van der Waals surface area (Å²) in [5.74, 6) is 0. The summed E-state index contributed by atoms with van der Waals surface area (Å²) in [6.45, 7) is 6.93. The Labute approximate surface area is 116 Å². The smallest absolute Gasteiger partial charge is 0.0605 e. The van der Waals surface area contributed by atoms with Gasteiger partial charge in [0.2, 0.25) is 0 Å². The molecule has 1 fully saturated rings. The highest BCUT2D eigenvalue weighted by molar-refractivity contribution is 5.73. The lowest BCUT2D eigenvalue weighted by atomic mass is 9.90. The first-order valence-electron chi connectivity index (χ1n) is 7.48. The molecule has 0 aromatic heterocycles. The quantitative estimate of drug-likeness (QED) is 0.880. The summed E-state index contributed by atoms with van der Waals surface area (Å²) in [6, 6.07) is 8.79. The molecule has 3 heteroatoms. The summed E-state index contributed by atoms with van der Waals surface area (Å²) < 4.78 is 0. The van der Waals surface area contributed by atoms with E-state index < -0.39 is 0 Å². The number of anilines is 2. The maximum Gasteiger partial charge on any atom is 0.0605 e. The van der Waals surface area contributed by atoms with Crippen LogP contribution >= 0.6 is 0 Å². The Morgan fingerprint density at radius 1 is 1.16 bits per heavy atom. The fraction of sp³-hybridized carbons (Fsp3) is 0.625. The van der Waals surface area contributed by atoms with Crippen molar-refractivity contribution < 1.29 is 0 Å². The summed E-state index contributed by atoms with van der Waals surface area (Å²) in [6.07, 6.45) is 3.98. The second-order valence-electron chi connectivity index (χ2n) is 6.28. The van der Waals surface area contributed by atoms with Crippen molar-refractivity contribution in [2.45, 2.75) is 31.7 Å². The number of para-hydroxylation sites is 2. The number of benzene rings is 1. The Hall–Kier alpha value is -1.22. The van der Waals surface area contributed by atoms with Crippen LogP contribution in [0.1, 0.15) is 26.2 Å². The SMILES string of the molecule is CN1CCN(CC2(C)CCCCN2)c2ccccc21. The van der Waals surface area contributed by atoms with Crippen molar-refractivity contribution in [1.82, 2.24) is 5.32 Å². The fourth-order valence-corrected chi connectivity index (χ4v) is 3.41. The van der Waals surface area contributed by atoms with Gasteiger partial charge in [0.25, 0.3) is 0 Å². The first-order valence-corrected chi connectivity index (χ1v) is 7.48. The molecule has 1 atom stereocenters. The Balaban J connectivity index is 1.80. The van der Waals surface area contributed by atoms with Gasteiger partial charge in [0, 0.05) is 32.2 Å². The predicted molar refractivity (Wildman–Crippen MR) is 82.2 cm³/mol. The number of fused-ring (bicyclic) bond motifs is 1. The number of piperidine rings is 1. The third-order valence-electron chi connectivity index (χ3n) is 4.59. The molecule has 104 valence electrons. The highest BCUT2D eigenvalue weighted by Crippen LogP contribution is 2.33. The molecule has 1 aromatic carbocycles. The van der Waals surface area contributed by atoms with Gasteiger partial charge in [-0.25, -0.2) is 0 Å². The third kappa shape index (κ3) is 2.57. The molecule has 0 aliphatic carbocycles. The van der Waals surface area contributed by atoms with Gasteiger partial charge in [-0.1, -0.05) is 18.6 Å². The second-order valence-corrected chi connectivity index (χ2v) is 6.28. The molecule has 19 heavy (non-hydrogen) atoms. The molecule has 1 aromatic rings. The van der Waals surface area contributed by atoms with Crippen LogP contribution in [-0.2, 0) is 0 Å². The van der Waals surface area contributed by atoms with E-state index in [2.05, 4.69) is 53.4 Å². The molecular formula is C16H25N3. The topological polar surface area (TPSA) is 18.5 Å². The van der Waals surface area contributed by atoms with E-state index in [1.54, 1.807) is 0 Å². The van der Waals surface area contributed by atoms with Gasteiger partial charge in [-0.3, -0.25) is 0 Å². The van der Waals surface area contributed by atoms with Gasteiger partial charge >= 0.3 is 0 Å². The molecule has 1 unspecified atom stereocenters. The molecule has 3 nitrogen and oxygen atoms in total. The number of nitrogens with one attached hydrogen (secondary N) is 1. The van der Waals surface area contributed by atoms with Crippen LogP contribution in [0.4, 0.5) is 11.4 Å². The standard InChI is InChI=1S/C16H25N3/c1-16(9-5-6-10-17-16)13-19-12-11-18(2)14-7-3-4-8-15(14)19/h3-4,7-8,17H,5-6,9-13H2,1-2H3. The zero-order valence-electron chi connectivity index (χ0n) is 12.2. The van der Waals surface area contributed by atoms with Crippen LogP contribution in [-0.4, -0.2) is 38.8 Å². The van der Waals surface area contributed by atoms with Crippen LogP contribution in [0.5, 0.6) is 0 Å². The molecule has 2 aliphatic heterocycles. The number of hydrogen-bond acceptors (Lipinski definition) is 3. The minimum absolute atomic E-state index is 0.279. The van der Waals surface area contributed by atoms with Crippen molar-refractivity contribution in [3.63, 3.8) is 0 Å². The molecule has 0 radical (unpaired) electrons. The average Bonchev–Trinajstić information content (AvgIpc) is 2.43. The van der Waals surface area contributed by atoms with Crippen LogP contribution in [0.3, 0.4) is 0 Å². The van der Waals surface area contributed by atoms with Crippen LogP contribution < -0.4 is 15.1 Å². The van der Waals surface area contributed by atoms with Crippen molar-refractivity contribution in [3.05, 3.63) is 24.3 Å². The first kappa shape index (κ1) is 12.8. The molecule has 0 bridgehead atoms. The lowest BCUT2D eigenvalue weighted by Gasteiger charge is -2.44. The van der Waals surface area contributed by atoms with Gasteiger partial charge in [-0.2, -0.15) is 0 Å². The highest BCUT2D eigenvalue weighted by Gasteiger charge is 2.31. The summed E-state index contributed by atoms with van der Waals surface area (Å²) in [5, 5.41) is 3.73. The molecule has 1 N–H and O–H groups in total. The average molecular weight is 259 g/mol. The zero-order chi connectivity index (χ0) is 13.3. The van der Waals surface area contributed by atoms with Gasteiger partial charge in [-0.05, 0) is 38.4 Å². The molecule has 2 heterocycles. The molecule has 0 amide bonds. The van der Waals surface area contributed by atoms with Crippen LogP contribution in [0.2, 0.25) is 0 Å². The van der Waals surface area contributed by atoms with E-state index in [1.165, 1.54) is 37.2 Å². The minimum Gasteiger partial charge on any atom is -0.371 e. The largest absolute Gasteiger partial charge is 0.371 e. The van der Waals surface area contributed by atoms with Gasteiger partial charge in [0.15, 0.2) is 0 Å². The van der Waals surface area contributed by atoms with E-state index in [0.29, 0.717) is 0 Å². The van der Waals surface area contributed by atoms with Crippen molar-refractivity contribution in [2.75, 3.05) is 43.0 Å². The number of hydrogen-bond donors (Lipinski definition) is 1. The van der Waals surface area contributed by atoms with Gasteiger partial charge in [0.05, 0.1) is 11.4 Å². The Morgan fingerprint density at radius 2 is 1.95 bits per heavy atom. The summed E-state index contributed by atoms with van der Waals surface area (Å²) >= 11 is 0. The maximum absolute atomic E-state index is 3.73. The number of nitrogens with zero attached hydrogens (tertiary/aromatic N) is 2. The summed E-state index contributed by atoms with van der Waals surface area (Å²) in [5.41, 5.74) is 3.04. The molecular weight excluding hydrogens is 234 g/mol. The molecule has 0 saturated carbocycles. The van der Waals surface area contributed by atoms with E-state index in [0.717, 1.165) is 19.6 Å². The summed E-state index contributed by atoms with van der Waals surface area (Å²) in [7, 11) is 2.19. The normalized spacial score (nSPS) is 27.3. The monoisotopic (exact) mass is 259 g/mol. The predicted octanol–water partition coefficient (Wildman–Crippen LogP) is 2.47. The highest BCUT2D eigenvalue weighted by atomic mass is 15.3. The van der Waals surface area contributed by atoms with Crippen molar-refractivity contribution in [2.24, 2.45) is 0 Å². The maximum atomic E-state index is 3.73. The fourth-order valence-electron chi connectivity index (χ4n) is 3.41. The Bertz CT molecular complexity index is 437. The molecule has 2 aliphatic rings. The number of rotatable bonds is 2. The van der Waals surface area contributed by atoms with Crippen molar-refractivity contribution >= 4 is 11.4 Å². The van der Waals surface area contributed by atoms with Gasteiger partial charge in [-0.15, -0.1) is 0 Å². The minimum atomic E-state index is 0.279. The molecule has 0 spiro atoms. The molecule has 3 rings (SSSR count). The lowest BCUT2D eigenvalue weighted by molar-refractivity contribution is 0.280. The first-order chi connectivity index (χ1) is 9.18.